The van der Waals surface area contributed by atoms with Gasteiger partial charge >= 0.3 is 5.97 Å². The Morgan fingerprint density at radius 3 is 2.59 bits per heavy atom. The van der Waals surface area contributed by atoms with Crippen LogP contribution in [0.25, 0.3) is 10.9 Å². The van der Waals surface area contributed by atoms with Crippen molar-refractivity contribution < 1.29 is 19.4 Å². The second-order valence-corrected chi connectivity index (χ2v) is 7.22. The number of fused-ring (bicyclic) bond motifs is 1. The minimum Gasteiger partial charge on any atom is -0.482 e. The van der Waals surface area contributed by atoms with Crippen molar-refractivity contribution in [2.75, 3.05) is 13.2 Å². The van der Waals surface area contributed by atoms with Crippen LogP contribution in [0.2, 0.25) is 0 Å². The zero-order chi connectivity index (χ0) is 20.2. The molecular weight excluding hydrogens is 368 g/mol. The molecule has 3 aromatic rings. The Bertz CT molecular complexity index is 1040. The molecule has 0 atom stereocenters. The van der Waals surface area contributed by atoms with Crippen molar-refractivity contribution in [2.24, 2.45) is 0 Å². The molecule has 6 nitrogen and oxygen atoms in total. The summed E-state index contributed by atoms with van der Waals surface area (Å²) >= 11 is 0. The van der Waals surface area contributed by atoms with Crippen LogP contribution in [0.15, 0.2) is 54.6 Å². The van der Waals surface area contributed by atoms with Gasteiger partial charge in [0.2, 0.25) is 0 Å². The van der Waals surface area contributed by atoms with Gasteiger partial charge in [-0.05, 0) is 49.1 Å². The van der Waals surface area contributed by atoms with Gasteiger partial charge in [-0.3, -0.25) is 9.78 Å². The molecule has 1 heterocycles. The molecular formula is C23H22N2O4. The highest BCUT2D eigenvalue weighted by Crippen LogP contribution is 2.40. The fourth-order valence-electron chi connectivity index (χ4n) is 3.28. The van der Waals surface area contributed by atoms with E-state index in [0.717, 1.165) is 35.0 Å². The largest absolute Gasteiger partial charge is 0.482 e. The van der Waals surface area contributed by atoms with Crippen molar-refractivity contribution in [1.82, 2.24) is 10.3 Å². The summed E-state index contributed by atoms with van der Waals surface area (Å²) in [6.45, 7) is 0.141. The quantitative estimate of drug-likeness (QED) is 0.614. The maximum absolute atomic E-state index is 12.8. The predicted molar refractivity (Wildman–Crippen MR) is 109 cm³/mol. The molecule has 148 valence electrons. The molecule has 1 aliphatic rings. The van der Waals surface area contributed by atoms with E-state index in [1.54, 1.807) is 12.1 Å². The van der Waals surface area contributed by atoms with Crippen LogP contribution in [0.4, 0.5) is 0 Å². The van der Waals surface area contributed by atoms with Crippen LogP contribution < -0.4 is 10.1 Å². The van der Waals surface area contributed by atoms with Gasteiger partial charge in [0.15, 0.2) is 6.61 Å². The average molecular weight is 390 g/mol. The Morgan fingerprint density at radius 2 is 1.86 bits per heavy atom. The summed E-state index contributed by atoms with van der Waals surface area (Å²) < 4.78 is 5.12. The third kappa shape index (κ3) is 4.71. The molecule has 0 saturated heterocycles. The summed E-state index contributed by atoms with van der Waals surface area (Å²) in [5, 5.41) is 12.5. The first-order valence-electron chi connectivity index (χ1n) is 9.71. The number of ether oxygens (including phenoxy) is 1. The van der Waals surface area contributed by atoms with Gasteiger partial charge in [-0.1, -0.05) is 30.3 Å². The van der Waals surface area contributed by atoms with E-state index in [1.807, 2.05) is 42.5 Å². The fourth-order valence-corrected chi connectivity index (χ4v) is 3.28. The van der Waals surface area contributed by atoms with Crippen LogP contribution in [0, 0.1) is 0 Å². The Hall–Kier alpha value is -3.41. The molecule has 4 rings (SSSR count). The maximum Gasteiger partial charge on any atom is 0.341 e. The van der Waals surface area contributed by atoms with Gasteiger partial charge in [-0.25, -0.2) is 4.79 Å². The number of carbonyl (C=O) groups excluding carboxylic acids is 1. The maximum atomic E-state index is 12.8. The molecule has 1 saturated carbocycles. The Kier molecular flexibility index (Phi) is 5.42. The topological polar surface area (TPSA) is 88.5 Å². The summed E-state index contributed by atoms with van der Waals surface area (Å²) in [5.41, 5.74) is 3.57. The molecule has 1 fully saturated rings. The number of carboxylic acid groups (broad SMARTS) is 1. The summed E-state index contributed by atoms with van der Waals surface area (Å²) in [6, 6.07) is 16.9. The van der Waals surface area contributed by atoms with Gasteiger partial charge < -0.3 is 15.2 Å². The monoisotopic (exact) mass is 390 g/mol. The van der Waals surface area contributed by atoms with Gasteiger partial charge in [0.1, 0.15) is 5.75 Å². The van der Waals surface area contributed by atoms with Crippen LogP contribution in [0.3, 0.4) is 0 Å². The van der Waals surface area contributed by atoms with Crippen LogP contribution in [0.1, 0.15) is 40.4 Å². The zero-order valence-electron chi connectivity index (χ0n) is 15.9. The number of pyridine rings is 1. The lowest BCUT2D eigenvalue weighted by Crippen LogP contribution is -2.26. The number of benzene rings is 2. The summed E-state index contributed by atoms with van der Waals surface area (Å²) in [4.78, 5) is 28.1. The molecule has 2 aromatic carbocycles. The van der Waals surface area contributed by atoms with Gasteiger partial charge in [-0.15, -0.1) is 0 Å². The van der Waals surface area contributed by atoms with E-state index in [1.165, 1.54) is 0 Å². The SMILES string of the molecule is O=C(O)COc1ccc(CCNC(=O)c2cc(C3CC3)nc3ccccc23)cc1. The first-order valence-corrected chi connectivity index (χ1v) is 9.71. The second kappa shape index (κ2) is 8.31. The van der Waals surface area contributed by atoms with Gasteiger partial charge in [0.05, 0.1) is 11.1 Å². The van der Waals surface area contributed by atoms with E-state index >= 15 is 0 Å². The van der Waals surface area contributed by atoms with E-state index in [-0.39, 0.29) is 12.5 Å². The lowest BCUT2D eigenvalue weighted by atomic mass is 10.1. The first-order chi connectivity index (χ1) is 14.1. The minimum atomic E-state index is -1.01. The number of aromatic nitrogens is 1. The van der Waals surface area contributed by atoms with Gasteiger partial charge in [-0.2, -0.15) is 0 Å². The summed E-state index contributed by atoms with van der Waals surface area (Å²) in [5.74, 6) is -0.110. The Balaban J connectivity index is 1.39. The van der Waals surface area contributed by atoms with Crippen LogP contribution in [0.5, 0.6) is 5.75 Å². The van der Waals surface area contributed by atoms with E-state index in [2.05, 4.69) is 5.32 Å². The minimum absolute atomic E-state index is 0.0908. The van der Waals surface area contributed by atoms with Crippen molar-refractivity contribution in [2.45, 2.75) is 25.2 Å². The number of carbonyl (C=O) groups is 2. The third-order valence-corrected chi connectivity index (χ3v) is 4.96. The normalized spacial score (nSPS) is 13.2. The second-order valence-electron chi connectivity index (χ2n) is 7.22. The lowest BCUT2D eigenvalue weighted by Gasteiger charge is -2.10. The molecule has 6 heteroatoms. The molecule has 0 spiro atoms. The van der Waals surface area contributed by atoms with E-state index in [9.17, 15) is 9.59 Å². The van der Waals surface area contributed by atoms with Crippen LogP contribution in [-0.4, -0.2) is 35.1 Å². The molecule has 0 bridgehead atoms. The molecule has 0 radical (unpaired) electrons. The predicted octanol–water partition coefficient (Wildman–Crippen LogP) is 3.55. The number of hydrogen-bond acceptors (Lipinski definition) is 4. The zero-order valence-corrected chi connectivity index (χ0v) is 15.9. The smallest absolute Gasteiger partial charge is 0.341 e. The number of rotatable bonds is 8. The number of amides is 1. The molecule has 0 aliphatic heterocycles. The average Bonchev–Trinajstić information content (AvgIpc) is 3.57. The Morgan fingerprint density at radius 1 is 1.10 bits per heavy atom. The van der Waals surface area contributed by atoms with Crippen molar-refractivity contribution in [3.8, 4) is 5.75 Å². The number of hydrogen-bond donors (Lipinski definition) is 2. The molecule has 1 aliphatic carbocycles. The molecule has 0 unspecified atom stereocenters. The highest BCUT2D eigenvalue weighted by molar-refractivity contribution is 6.06. The number of para-hydroxylation sites is 1. The van der Waals surface area contributed by atoms with Crippen molar-refractivity contribution in [3.63, 3.8) is 0 Å². The molecule has 2 N–H and O–H groups in total. The van der Waals surface area contributed by atoms with Gasteiger partial charge in [0, 0.05) is 23.5 Å². The van der Waals surface area contributed by atoms with Gasteiger partial charge in [0.25, 0.3) is 5.91 Å². The molecule has 1 aromatic heterocycles. The summed E-state index contributed by atoms with van der Waals surface area (Å²) in [7, 11) is 0. The summed E-state index contributed by atoms with van der Waals surface area (Å²) in [6.07, 6.45) is 2.95. The standard InChI is InChI=1S/C23H22N2O4/c26-22(27)14-29-17-9-5-15(6-10-17)11-12-24-23(28)19-13-21(16-7-8-16)25-20-4-2-1-3-18(19)20/h1-6,9-10,13,16H,7-8,11-12,14H2,(H,24,28)(H,26,27). The molecule has 29 heavy (non-hydrogen) atoms. The van der Waals surface area contributed by atoms with Crippen LogP contribution >= 0.6 is 0 Å². The highest BCUT2D eigenvalue weighted by Gasteiger charge is 2.26. The van der Waals surface area contributed by atoms with E-state index in [0.29, 0.717) is 30.2 Å². The Labute approximate surface area is 168 Å². The molecule has 1 amide bonds. The van der Waals surface area contributed by atoms with Crippen molar-refractivity contribution in [3.05, 3.63) is 71.4 Å². The van der Waals surface area contributed by atoms with E-state index < -0.39 is 5.97 Å². The number of aliphatic carboxylic acids is 1. The number of nitrogens with one attached hydrogen (secondary N) is 1. The van der Waals surface area contributed by atoms with Crippen molar-refractivity contribution >= 4 is 22.8 Å². The third-order valence-electron chi connectivity index (χ3n) is 4.96. The number of carboxylic acids is 1. The lowest BCUT2D eigenvalue weighted by molar-refractivity contribution is -0.139. The first kappa shape index (κ1) is 18.9. The van der Waals surface area contributed by atoms with Crippen molar-refractivity contribution in [1.29, 1.82) is 0 Å². The highest BCUT2D eigenvalue weighted by atomic mass is 16.5. The van der Waals surface area contributed by atoms with E-state index in [4.69, 9.17) is 14.8 Å². The van der Waals surface area contributed by atoms with Crippen LogP contribution in [-0.2, 0) is 11.2 Å². The number of nitrogens with zero attached hydrogens (tertiary/aromatic N) is 1. The fraction of sp³-hybridized carbons (Fsp3) is 0.261.